The summed E-state index contributed by atoms with van der Waals surface area (Å²) in [6.45, 7) is -0.547. The molecule has 8 heteroatoms. The van der Waals surface area contributed by atoms with E-state index >= 15 is 0 Å². The summed E-state index contributed by atoms with van der Waals surface area (Å²) >= 11 is 0. The molecule has 5 N–H and O–H groups in total. The SMILES string of the molecule is O=C(N[C@@H]1[C@@H](O)[C@H](O)[C@@H](CO)O[C@H]1O)OCc1ccccc1. The minimum Gasteiger partial charge on any atom is -0.445 e. The Morgan fingerprint density at radius 3 is 2.50 bits per heavy atom. The van der Waals surface area contributed by atoms with Crippen LogP contribution in [0.25, 0.3) is 0 Å². The molecular weight excluding hydrogens is 294 g/mol. The second kappa shape index (κ2) is 7.52. The Kier molecular flexibility index (Phi) is 5.69. The van der Waals surface area contributed by atoms with E-state index in [1.165, 1.54) is 0 Å². The van der Waals surface area contributed by atoms with Crippen molar-refractivity contribution >= 4 is 6.09 Å². The molecule has 0 spiro atoms. The lowest BCUT2D eigenvalue weighted by Crippen LogP contribution is -2.64. The Labute approximate surface area is 126 Å². The van der Waals surface area contributed by atoms with Crippen LogP contribution in [0, 0.1) is 0 Å². The van der Waals surface area contributed by atoms with Gasteiger partial charge in [-0.1, -0.05) is 30.3 Å². The average Bonchev–Trinajstić information content (AvgIpc) is 2.54. The molecule has 1 fully saturated rings. The smallest absolute Gasteiger partial charge is 0.407 e. The molecule has 0 bridgehead atoms. The Bertz CT molecular complexity index is 483. The van der Waals surface area contributed by atoms with Crippen molar-refractivity contribution in [2.24, 2.45) is 0 Å². The van der Waals surface area contributed by atoms with E-state index in [1.807, 2.05) is 6.07 Å². The number of benzene rings is 1. The number of aliphatic hydroxyl groups is 4. The quantitative estimate of drug-likeness (QED) is 0.468. The largest absolute Gasteiger partial charge is 0.445 e. The van der Waals surface area contributed by atoms with Gasteiger partial charge < -0.3 is 35.2 Å². The summed E-state index contributed by atoms with van der Waals surface area (Å²) in [5.74, 6) is 0. The molecule has 1 saturated heterocycles. The predicted molar refractivity (Wildman–Crippen MR) is 73.5 cm³/mol. The molecule has 1 heterocycles. The molecule has 0 unspecified atom stereocenters. The first-order valence-corrected chi connectivity index (χ1v) is 6.80. The van der Waals surface area contributed by atoms with E-state index in [0.29, 0.717) is 0 Å². The normalized spacial score (nSPS) is 31.5. The van der Waals surface area contributed by atoms with Crippen molar-refractivity contribution in [1.82, 2.24) is 5.32 Å². The number of ether oxygens (including phenoxy) is 2. The predicted octanol–water partition coefficient (Wildman–Crippen LogP) is -1.29. The van der Waals surface area contributed by atoms with Crippen molar-refractivity contribution in [3.8, 4) is 0 Å². The topological polar surface area (TPSA) is 128 Å². The summed E-state index contributed by atoms with van der Waals surface area (Å²) in [4.78, 5) is 11.7. The highest BCUT2D eigenvalue weighted by molar-refractivity contribution is 5.67. The fourth-order valence-corrected chi connectivity index (χ4v) is 2.15. The summed E-state index contributed by atoms with van der Waals surface area (Å²) in [6.07, 6.45) is -6.49. The van der Waals surface area contributed by atoms with Gasteiger partial charge in [-0.2, -0.15) is 0 Å². The van der Waals surface area contributed by atoms with Crippen LogP contribution in [0.4, 0.5) is 4.79 Å². The first-order valence-electron chi connectivity index (χ1n) is 6.80. The maximum absolute atomic E-state index is 11.7. The van der Waals surface area contributed by atoms with Crippen LogP contribution >= 0.6 is 0 Å². The number of nitrogens with one attached hydrogen (secondary N) is 1. The van der Waals surface area contributed by atoms with Crippen LogP contribution in [0.5, 0.6) is 0 Å². The molecule has 1 amide bonds. The first-order chi connectivity index (χ1) is 10.5. The van der Waals surface area contributed by atoms with Crippen LogP contribution in [0.15, 0.2) is 30.3 Å². The molecule has 122 valence electrons. The van der Waals surface area contributed by atoms with Crippen LogP contribution in [-0.2, 0) is 16.1 Å². The highest BCUT2D eigenvalue weighted by Crippen LogP contribution is 2.19. The van der Waals surface area contributed by atoms with Crippen molar-refractivity contribution in [3.05, 3.63) is 35.9 Å². The van der Waals surface area contributed by atoms with Gasteiger partial charge in [0.05, 0.1) is 6.61 Å². The molecule has 1 aromatic rings. The maximum atomic E-state index is 11.7. The van der Waals surface area contributed by atoms with Gasteiger partial charge in [-0.05, 0) is 5.56 Å². The van der Waals surface area contributed by atoms with Gasteiger partial charge in [0.2, 0.25) is 0 Å². The van der Waals surface area contributed by atoms with Gasteiger partial charge >= 0.3 is 6.09 Å². The molecule has 0 saturated carbocycles. The average molecular weight is 313 g/mol. The zero-order chi connectivity index (χ0) is 16.1. The van der Waals surface area contributed by atoms with Gasteiger partial charge in [-0.25, -0.2) is 4.79 Å². The lowest BCUT2D eigenvalue weighted by molar-refractivity contribution is -0.253. The third kappa shape index (κ3) is 3.93. The van der Waals surface area contributed by atoms with Crippen LogP contribution in [0.3, 0.4) is 0 Å². The van der Waals surface area contributed by atoms with Crippen molar-refractivity contribution in [1.29, 1.82) is 0 Å². The summed E-state index contributed by atoms with van der Waals surface area (Å²) in [6, 6.07) is 7.71. The Morgan fingerprint density at radius 2 is 1.86 bits per heavy atom. The fraction of sp³-hybridized carbons (Fsp3) is 0.500. The van der Waals surface area contributed by atoms with Gasteiger partial charge in [0.1, 0.15) is 31.0 Å². The Morgan fingerprint density at radius 1 is 1.18 bits per heavy atom. The van der Waals surface area contributed by atoms with Gasteiger partial charge in [0.15, 0.2) is 6.29 Å². The molecule has 5 atom stereocenters. The molecule has 2 rings (SSSR count). The number of carbonyl (C=O) groups excluding carboxylic acids is 1. The molecule has 8 nitrogen and oxygen atoms in total. The number of aliphatic hydroxyl groups excluding tert-OH is 4. The lowest BCUT2D eigenvalue weighted by Gasteiger charge is -2.39. The van der Waals surface area contributed by atoms with E-state index in [0.717, 1.165) is 5.56 Å². The van der Waals surface area contributed by atoms with Crippen molar-refractivity contribution in [3.63, 3.8) is 0 Å². The summed E-state index contributed by atoms with van der Waals surface area (Å²) < 4.78 is 9.88. The molecule has 0 aromatic heterocycles. The molecule has 1 aliphatic rings. The zero-order valence-electron chi connectivity index (χ0n) is 11.7. The second-order valence-electron chi connectivity index (χ2n) is 4.96. The zero-order valence-corrected chi connectivity index (χ0v) is 11.7. The Balaban J connectivity index is 1.87. The monoisotopic (exact) mass is 313 g/mol. The minimum absolute atomic E-state index is 0.0221. The van der Waals surface area contributed by atoms with Crippen LogP contribution in [0.1, 0.15) is 5.56 Å². The maximum Gasteiger partial charge on any atom is 0.407 e. The summed E-state index contributed by atoms with van der Waals surface area (Å²) in [5, 5.41) is 40.5. The van der Waals surface area contributed by atoms with Crippen molar-refractivity contribution in [2.45, 2.75) is 37.3 Å². The third-order valence-electron chi connectivity index (χ3n) is 3.40. The van der Waals surface area contributed by atoms with Gasteiger partial charge in [-0.3, -0.25) is 0 Å². The van der Waals surface area contributed by atoms with Gasteiger partial charge in [0.25, 0.3) is 0 Å². The van der Waals surface area contributed by atoms with Gasteiger partial charge in [0, 0.05) is 0 Å². The van der Waals surface area contributed by atoms with Crippen molar-refractivity contribution < 1.29 is 34.7 Å². The third-order valence-corrected chi connectivity index (χ3v) is 3.40. The number of carbonyl (C=O) groups is 1. The van der Waals surface area contributed by atoms with E-state index < -0.39 is 43.3 Å². The molecule has 22 heavy (non-hydrogen) atoms. The standard InChI is InChI=1S/C14H19NO7/c16-6-9-11(17)12(18)10(13(19)22-9)15-14(20)21-7-8-4-2-1-3-5-8/h1-5,9-13,16-19H,6-7H2,(H,15,20)/t9-,10-,11-,12-,13-/m1/s1. The van der Waals surface area contributed by atoms with E-state index in [9.17, 15) is 20.1 Å². The number of hydrogen-bond acceptors (Lipinski definition) is 7. The summed E-state index contributed by atoms with van der Waals surface area (Å²) in [7, 11) is 0. The minimum atomic E-state index is -1.57. The highest BCUT2D eigenvalue weighted by Gasteiger charge is 2.44. The van der Waals surface area contributed by atoms with Crippen LogP contribution in [0.2, 0.25) is 0 Å². The molecule has 0 aliphatic carbocycles. The molecule has 1 aliphatic heterocycles. The number of rotatable bonds is 4. The highest BCUT2D eigenvalue weighted by atomic mass is 16.6. The Hall–Kier alpha value is -1.71. The number of amides is 1. The summed E-state index contributed by atoms with van der Waals surface area (Å²) in [5.41, 5.74) is 0.777. The number of alkyl carbamates (subject to hydrolysis) is 1. The van der Waals surface area contributed by atoms with Crippen molar-refractivity contribution in [2.75, 3.05) is 6.61 Å². The molecular formula is C14H19NO7. The van der Waals surface area contributed by atoms with E-state index in [2.05, 4.69) is 5.32 Å². The van der Waals surface area contributed by atoms with Crippen LogP contribution in [-0.4, -0.2) is 63.8 Å². The molecule has 1 aromatic carbocycles. The molecule has 0 radical (unpaired) electrons. The number of hydrogen-bond donors (Lipinski definition) is 5. The van der Waals surface area contributed by atoms with E-state index in [-0.39, 0.29) is 6.61 Å². The second-order valence-corrected chi connectivity index (χ2v) is 4.96. The first kappa shape index (κ1) is 16.7. The lowest BCUT2D eigenvalue weighted by atomic mass is 9.97. The van der Waals surface area contributed by atoms with Crippen LogP contribution < -0.4 is 5.32 Å². The fourth-order valence-electron chi connectivity index (χ4n) is 2.15. The van der Waals surface area contributed by atoms with E-state index in [1.54, 1.807) is 24.3 Å². The van der Waals surface area contributed by atoms with E-state index in [4.69, 9.17) is 14.6 Å². The van der Waals surface area contributed by atoms with Gasteiger partial charge in [-0.15, -0.1) is 0 Å².